The maximum Gasteiger partial charge on any atom is 0.410 e. The molecule has 164 valence electrons. The molecule has 0 bridgehead atoms. The summed E-state index contributed by atoms with van der Waals surface area (Å²) < 4.78 is 47.2. The van der Waals surface area contributed by atoms with Gasteiger partial charge in [0, 0.05) is 12.1 Å². The molecule has 3 aromatic rings. The monoisotopic (exact) mass is 454 g/mol. The number of alkyl halides is 3. The molecule has 4 rings (SSSR count). The summed E-state index contributed by atoms with van der Waals surface area (Å²) in [5.41, 5.74) is 0.563. The van der Waals surface area contributed by atoms with E-state index in [1.54, 1.807) is 43.3 Å². The maximum atomic E-state index is 13.8. The second kappa shape index (κ2) is 7.93. The largest absolute Gasteiger partial charge is 0.467 e. The zero-order valence-corrected chi connectivity index (χ0v) is 16.9. The number of hydrogen-bond acceptors (Lipinski definition) is 5. The van der Waals surface area contributed by atoms with Gasteiger partial charge < -0.3 is 20.2 Å². The van der Waals surface area contributed by atoms with Crippen molar-refractivity contribution in [2.24, 2.45) is 0 Å². The molecular formula is C20H18ClF3N4O3. The standard InChI is InChI=1S/C20H18ClF3N4O3/c1-10(29)11-4-2-5-12(8-11)25-19(30)17-16(21)18-26-13(14-6-3-7-31-14)9-15(20(22,23)24)28(18)27-17/h2-8,10,13,15,26,29H,9H2,1H3,(H,25,30)/t10-,13+,15-/m0/s1. The van der Waals surface area contributed by atoms with Crippen LogP contribution in [0.25, 0.3) is 0 Å². The average molecular weight is 455 g/mol. The third-order valence-corrected chi connectivity index (χ3v) is 5.38. The molecule has 31 heavy (non-hydrogen) atoms. The van der Waals surface area contributed by atoms with E-state index in [1.165, 1.54) is 6.26 Å². The third-order valence-electron chi connectivity index (χ3n) is 5.02. The number of aliphatic hydroxyl groups is 1. The van der Waals surface area contributed by atoms with Crippen LogP contribution in [-0.4, -0.2) is 27.0 Å². The first-order valence-electron chi connectivity index (χ1n) is 9.39. The number of fused-ring (bicyclic) bond motifs is 1. The van der Waals surface area contributed by atoms with E-state index >= 15 is 0 Å². The molecule has 1 aliphatic heterocycles. The Kier molecular flexibility index (Phi) is 5.44. The molecule has 7 nitrogen and oxygen atoms in total. The van der Waals surface area contributed by atoms with E-state index in [1.807, 2.05) is 0 Å². The van der Waals surface area contributed by atoms with Gasteiger partial charge in [0.25, 0.3) is 5.91 Å². The van der Waals surface area contributed by atoms with E-state index in [9.17, 15) is 23.1 Å². The lowest BCUT2D eigenvalue weighted by molar-refractivity contribution is -0.174. The van der Waals surface area contributed by atoms with Gasteiger partial charge in [-0.25, -0.2) is 4.68 Å². The highest BCUT2D eigenvalue weighted by Crippen LogP contribution is 2.46. The van der Waals surface area contributed by atoms with Crippen LogP contribution in [0.2, 0.25) is 5.02 Å². The number of rotatable bonds is 4. The number of anilines is 2. The highest BCUT2D eigenvalue weighted by molar-refractivity contribution is 6.36. The maximum absolute atomic E-state index is 13.8. The van der Waals surface area contributed by atoms with Gasteiger partial charge in [0.1, 0.15) is 16.6 Å². The van der Waals surface area contributed by atoms with Crippen LogP contribution in [0, 0.1) is 0 Å². The number of halogens is 4. The molecule has 3 atom stereocenters. The Morgan fingerprint density at radius 3 is 2.81 bits per heavy atom. The van der Waals surface area contributed by atoms with Gasteiger partial charge in [0.05, 0.1) is 18.4 Å². The van der Waals surface area contributed by atoms with Crippen LogP contribution >= 0.6 is 11.6 Å². The number of aromatic nitrogens is 2. The first-order valence-corrected chi connectivity index (χ1v) is 9.77. The molecular weight excluding hydrogens is 437 g/mol. The van der Waals surface area contributed by atoms with Crippen LogP contribution < -0.4 is 10.6 Å². The number of carbonyl (C=O) groups excluding carboxylic acids is 1. The SMILES string of the molecule is C[C@H](O)c1cccc(NC(=O)c2nn3c(c2Cl)N[C@@H](c2ccco2)C[C@H]3C(F)(F)F)c1. The number of amides is 1. The lowest BCUT2D eigenvalue weighted by atomic mass is 10.0. The summed E-state index contributed by atoms with van der Waals surface area (Å²) in [5.74, 6) is -0.565. The number of aliphatic hydroxyl groups excluding tert-OH is 1. The fourth-order valence-electron chi connectivity index (χ4n) is 3.48. The summed E-state index contributed by atoms with van der Waals surface area (Å²) in [6.45, 7) is 1.57. The van der Waals surface area contributed by atoms with Crippen molar-refractivity contribution in [2.45, 2.75) is 37.7 Å². The van der Waals surface area contributed by atoms with Crippen molar-refractivity contribution >= 4 is 29.0 Å². The molecule has 0 fully saturated rings. The smallest absolute Gasteiger partial charge is 0.410 e. The number of hydrogen-bond donors (Lipinski definition) is 3. The Hall–Kier alpha value is -2.98. The van der Waals surface area contributed by atoms with Gasteiger partial charge in [-0.3, -0.25) is 4.79 Å². The number of benzene rings is 1. The molecule has 0 spiro atoms. The van der Waals surface area contributed by atoms with Gasteiger partial charge >= 0.3 is 6.18 Å². The molecule has 1 aliphatic rings. The molecule has 1 aromatic carbocycles. The number of nitrogens with one attached hydrogen (secondary N) is 2. The van der Waals surface area contributed by atoms with Gasteiger partial charge in [-0.15, -0.1) is 0 Å². The zero-order valence-electron chi connectivity index (χ0n) is 16.2. The number of furan rings is 1. The highest BCUT2D eigenvalue weighted by atomic mass is 35.5. The predicted molar refractivity (Wildman–Crippen MR) is 107 cm³/mol. The first kappa shape index (κ1) is 21.3. The van der Waals surface area contributed by atoms with Crippen LogP contribution in [0.1, 0.15) is 53.3 Å². The highest BCUT2D eigenvalue weighted by Gasteiger charge is 2.48. The van der Waals surface area contributed by atoms with E-state index in [0.717, 1.165) is 0 Å². The Morgan fingerprint density at radius 2 is 2.16 bits per heavy atom. The number of nitrogens with zero attached hydrogens (tertiary/aromatic N) is 2. The zero-order chi connectivity index (χ0) is 22.3. The normalized spacial score (nSPS) is 19.4. The fourth-order valence-corrected chi connectivity index (χ4v) is 3.74. The van der Waals surface area contributed by atoms with Crippen molar-refractivity contribution in [1.82, 2.24) is 9.78 Å². The summed E-state index contributed by atoms with van der Waals surface area (Å²) in [7, 11) is 0. The minimum Gasteiger partial charge on any atom is -0.467 e. The molecule has 0 aliphatic carbocycles. The molecule has 3 N–H and O–H groups in total. The van der Waals surface area contributed by atoms with Crippen molar-refractivity contribution < 1.29 is 27.5 Å². The average Bonchev–Trinajstić information content (AvgIpc) is 3.35. The lowest BCUT2D eigenvalue weighted by Crippen LogP contribution is -2.35. The van der Waals surface area contributed by atoms with Crippen LogP contribution in [0.4, 0.5) is 24.7 Å². The quantitative estimate of drug-likeness (QED) is 0.510. The molecule has 0 saturated heterocycles. The molecule has 1 amide bonds. The molecule has 11 heteroatoms. The Bertz CT molecular complexity index is 1100. The summed E-state index contributed by atoms with van der Waals surface area (Å²) in [6, 6.07) is 6.80. The predicted octanol–water partition coefficient (Wildman–Crippen LogP) is 5.10. The molecule has 3 heterocycles. The second-order valence-corrected chi connectivity index (χ2v) is 7.59. The van der Waals surface area contributed by atoms with E-state index in [-0.39, 0.29) is 23.0 Å². The molecule has 0 unspecified atom stereocenters. The van der Waals surface area contributed by atoms with Crippen molar-refractivity contribution in [3.8, 4) is 0 Å². The summed E-state index contributed by atoms with van der Waals surface area (Å²) in [5, 5.41) is 18.8. The van der Waals surface area contributed by atoms with Crippen LogP contribution in [0.3, 0.4) is 0 Å². The molecule has 0 saturated carbocycles. The van der Waals surface area contributed by atoms with Crippen molar-refractivity contribution in [3.05, 3.63) is 64.7 Å². The van der Waals surface area contributed by atoms with Crippen molar-refractivity contribution in [1.29, 1.82) is 0 Å². The van der Waals surface area contributed by atoms with Gasteiger partial charge in [-0.05, 0) is 36.8 Å². The van der Waals surface area contributed by atoms with Gasteiger partial charge in [0.15, 0.2) is 11.7 Å². The van der Waals surface area contributed by atoms with Gasteiger partial charge in [0.2, 0.25) is 0 Å². The van der Waals surface area contributed by atoms with E-state index in [0.29, 0.717) is 21.7 Å². The second-order valence-electron chi connectivity index (χ2n) is 7.22. The van der Waals surface area contributed by atoms with E-state index in [2.05, 4.69) is 15.7 Å². The van der Waals surface area contributed by atoms with E-state index < -0.39 is 30.3 Å². The van der Waals surface area contributed by atoms with Gasteiger partial charge in [-0.1, -0.05) is 23.7 Å². The Labute approximate surface area is 179 Å². The summed E-state index contributed by atoms with van der Waals surface area (Å²) >= 11 is 6.28. The third kappa shape index (κ3) is 4.13. The van der Waals surface area contributed by atoms with Crippen molar-refractivity contribution in [2.75, 3.05) is 10.6 Å². The Morgan fingerprint density at radius 1 is 1.39 bits per heavy atom. The first-order chi connectivity index (χ1) is 14.6. The van der Waals surface area contributed by atoms with Crippen molar-refractivity contribution in [3.63, 3.8) is 0 Å². The van der Waals surface area contributed by atoms with Crippen LogP contribution in [0.15, 0.2) is 47.1 Å². The van der Waals surface area contributed by atoms with E-state index in [4.69, 9.17) is 16.0 Å². The molecule has 2 aromatic heterocycles. The topological polar surface area (TPSA) is 92.3 Å². The van der Waals surface area contributed by atoms with Crippen LogP contribution in [0.5, 0.6) is 0 Å². The molecule has 0 radical (unpaired) electrons. The number of carbonyl (C=O) groups is 1. The Balaban J connectivity index is 1.67. The van der Waals surface area contributed by atoms with Crippen LogP contribution in [-0.2, 0) is 0 Å². The summed E-state index contributed by atoms with van der Waals surface area (Å²) in [6.07, 6.45) is -4.38. The lowest BCUT2D eigenvalue weighted by Gasteiger charge is -2.32. The minimum absolute atomic E-state index is 0.112. The summed E-state index contributed by atoms with van der Waals surface area (Å²) in [4.78, 5) is 12.7. The minimum atomic E-state index is -4.61. The van der Waals surface area contributed by atoms with Gasteiger partial charge in [-0.2, -0.15) is 18.3 Å². The fraction of sp³-hybridized carbons (Fsp3) is 0.300.